The molecule has 0 saturated heterocycles. The van der Waals surface area contributed by atoms with Crippen molar-refractivity contribution in [3.8, 4) is 0 Å². The number of nitro benzene ring substituents is 1. The third-order valence-electron chi connectivity index (χ3n) is 4.75. The SMILES string of the molecule is CCOC(=O)C1=C(CS(=O)(=O)CCN)NC(C)=C(C(=O)OC)C1c1cccc([N+](=O)[O-])c1. The van der Waals surface area contributed by atoms with E-state index in [2.05, 4.69) is 5.32 Å². The molecule has 2 rings (SSSR count). The number of hydrogen-bond acceptors (Lipinski definition) is 10. The third-order valence-corrected chi connectivity index (χ3v) is 6.34. The second-order valence-corrected chi connectivity index (χ2v) is 9.12. The summed E-state index contributed by atoms with van der Waals surface area (Å²) in [6, 6.07) is 5.40. The number of rotatable bonds is 9. The molecule has 0 saturated carbocycles. The maximum atomic E-state index is 13.0. The first-order chi connectivity index (χ1) is 15.1. The fourth-order valence-electron chi connectivity index (χ4n) is 3.46. The molecule has 1 aliphatic heterocycles. The van der Waals surface area contributed by atoms with E-state index in [1.807, 2.05) is 0 Å². The Morgan fingerprint density at radius 1 is 1.25 bits per heavy atom. The summed E-state index contributed by atoms with van der Waals surface area (Å²) < 4.78 is 35.0. The molecule has 1 aliphatic rings. The van der Waals surface area contributed by atoms with Crippen LogP contribution in [-0.2, 0) is 28.9 Å². The number of methoxy groups -OCH3 is 1. The number of carbonyl (C=O) groups is 2. The average Bonchev–Trinajstić information content (AvgIpc) is 2.72. The van der Waals surface area contributed by atoms with Gasteiger partial charge in [0.05, 0.1) is 47.2 Å². The van der Waals surface area contributed by atoms with Crippen molar-refractivity contribution in [2.75, 3.05) is 31.8 Å². The van der Waals surface area contributed by atoms with Crippen LogP contribution in [0.25, 0.3) is 0 Å². The molecular formula is C20H25N3O8S. The van der Waals surface area contributed by atoms with Gasteiger partial charge in [-0.3, -0.25) is 10.1 Å². The number of nitro groups is 1. The maximum Gasteiger partial charge on any atom is 0.336 e. The van der Waals surface area contributed by atoms with Gasteiger partial charge in [0, 0.05) is 30.1 Å². The number of carbonyl (C=O) groups excluding carboxylic acids is 2. The van der Waals surface area contributed by atoms with Gasteiger partial charge in [-0.15, -0.1) is 0 Å². The van der Waals surface area contributed by atoms with E-state index >= 15 is 0 Å². The smallest absolute Gasteiger partial charge is 0.336 e. The van der Waals surface area contributed by atoms with Crippen molar-refractivity contribution >= 4 is 27.5 Å². The Kier molecular flexibility index (Phi) is 8.11. The lowest BCUT2D eigenvalue weighted by atomic mass is 9.80. The van der Waals surface area contributed by atoms with Crippen LogP contribution in [0.1, 0.15) is 25.3 Å². The van der Waals surface area contributed by atoms with Crippen molar-refractivity contribution in [2.45, 2.75) is 19.8 Å². The van der Waals surface area contributed by atoms with Gasteiger partial charge in [0.2, 0.25) is 0 Å². The number of esters is 2. The van der Waals surface area contributed by atoms with Crippen molar-refractivity contribution in [3.05, 3.63) is 62.5 Å². The molecule has 3 N–H and O–H groups in total. The lowest BCUT2D eigenvalue weighted by Crippen LogP contribution is -2.36. The van der Waals surface area contributed by atoms with E-state index in [0.29, 0.717) is 0 Å². The van der Waals surface area contributed by atoms with Crippen LogP contribution < -0.4 is 11.1 Å². The molecule has 0 amide bonds. The van der Waals surface area contributed by atoms with Gasteiger partial charge in [-0.05, 0) is 19.4 Å². The molecule has 1 heterocycles. The normalized spacial score (nSPS) is 16.4. The molecule has 0 bridgehead atoms. The Hall–Kier alpha value is -3.25. The molecule has 12 heteroatoms. The zero-order valence-corrected chi connectivity index (χ0v) is 18.7. The summed E-state index contributed by atoms with van der Waals surface area (Å²) in [5, 5.41) is 14.1. The second-order valence-electron chi connectivity index (χ2n) is 6.93. The molecule has 1 unspecified atom stereocenters. The lowest BCUT2D eigenvalue weighted by Gasteiger charge is -2.31. The zero-order valence-electron chi connectivity index (χ0n) is 17.9. The van der Waals surface area contributed by atoms with Crippen molar-refractivity contribution in [1.29, 1.82) is 0 Å². The summed E-state index contributed by atoms with van der Waals surface area (Å²) in [6.07, 6.45) is 0. The summed E-state index contributed by atoms with van der Waals surface area (Å²) in [5.41, 5.74) is 5.50. The number of nitrogens with zero attached hydrogens (tertiary/aromatic N) is 1. The van der Waals surface area contributed by atoms with Crippen molar-refractivity contribution in [3.63, 3.8) is 0 Å². The minimum atomic E-state index is -3.71. The van der Waals surface area contributed by atoms with Gasteiger partial charge in [0.1, 0.15) is 0 Å². The number of hydrogen-bond donors (Lipinski definition) is 2. The van der Waals surface area contributed by atoms with Crippen LogP contribution in [0.5, 0.6) is 0 Å². The molecule has 0 aromatic heterocycles. The molecule has 32 heavy (non-hydrogen) atoms. The van der Waals surface area contributed by atoms with Crippen LogP contribution in [0.2, 0.25) is 0 Å². The predicted octanol–water partition coefficient (Wildman–Crippen LogP) is 0.919. The molecule has 0 aliphatic carbocycles. The average molecular weight is 468 g/mol. The minimum Gasteiger partial charge on any atom is -0.466 e. The highest BCUT2D eigenvalue weighted by molar-refractivity contribution is 7.91. The quantitative estimate of drug-likeness (QED) is 0.302. The first-order valence-electron chi connectivity index (χ1n) is 9.67. The van der Waals surface area contributed by atoms with Crippen LogP contribution in [0.3, 0.4) is 0 Å². The standard InChI is InChI=1S/C20H25N3O8S/c1-4-31-20(25)18-15(11-32(28,29)9-8-21)22-12(2)16(19(24)30-3)17(18)13-6-5-7-14(10-13)23(26)27/h5-7,10,17,22H,4,8-9,11,21H2,1-3H3. The zero-order chi connectivity index (χ0) is 24.1. The highest BCUT2D eigenvalue weighted by atomic mass is 32.2. The molecule has 1 atom stereocenters. The number of dihydropyridines is 1. The van der Waals surface area contributed by atoms with E-state index in [4.69, 9.17) is 15.2 Å². The molecule has 1 aromatic carbocycles. The Labute approximate surface area is 185 Å². The first-order valence-corrected chi connectivity index (χ1v) is 11.5. The molecule has 1 aromatic rings. The minimum absolute atomic E-state index is 0.0102. The van der Waals surface area contributed by atoms with Gasteiger partial charge in [-0.25, -0.2) is 18.0 Å². The number of allylic oxidation sites excluding steroid dienone is 1. The van der Waals surface area contributed by atoms with Gasteiger partial charge in [0.25, 0.3) is 5.69 Å². The number of ether oxygens (including phenoxy) is 2. The highest BCUT2D eigenvalue weighted by Gasteiger charge is 2.40. The lowest BCUT2D eigenvalue weighted by molar-refractivity contribution is -0.384. The first kappa shape index (κ1) is 25.0. The maximum absolute atomic E-state index is 13.0. The van der Waals surface area contributed by atoms with E-state index in [1.165, 1.54) is 31.2 Å². The van der Waals surface area contributed by atoms with Crippen LogP contribution >= 0.6 is 0 Å². The second kappa shape index (κ2) is 10.4. The summed E-state index contributed by atoms with van der Waals surface area (Å²) in [5.74, 6) is -3.66. The number of benzene rings is 1. The number of nitrogens with two attached hydrogens (primary N) is 1. The van der Waals surface area contributed by atoms with E-state index < -0.39 is 38.4 Å². The molecule has 0 spiro atoms. The molecule has 0 radical (unpaired) electrons. The van der Waals surface area contributed by atoms with Crippen molar-refractivity contribution < 1.29 is 32.4 Å². The van der Waals surface area contributed by atoms with E-state index in [-0.39, 0.29) is 52.7 Å². The van der Waals surface area contributed by atoms with Gasteiger partial charge in [-0.2, -0.15) is 0 Å². The van der Waals surface area contributed by atoms with Gasteiger partial charge < -0.3 is 20.5 Å². The fourth-order valence-corrected chi connectivity index (χ4v) is 4.63. The third kappa shape index (κ3) is 5.51. The highest BCUT2D eigenvalue weighted by Crippen LogP contribution is 2.40. The Bertz CT molecular complexity index is 1090. The largest absolute Gasteiger partial charge is 0.466 e. The Morgan fingerprint density at radius 3 is 2.50 bits per heavy atom. The van der Waals surface area contributed by atoms with Crippen LogP contribution in [0, 0.1) is 10.1 Å². The Morgan fingerprint density at radius 2 is 1.94 bits per heavy atom. The van der Waals surface area contributed by atoms with Crippen LogP contribution in [0.15, 0.2) is 46.8 Å². The van der Waals surface area contributed by atoms with Crippen LogP contribution in [0.4, 0.5) is 5.69 Å². The topological polar surface area (TPSA) is 168 Å². The van der Waals surface area contributed by atoms with Gasteiger partial charge in [0.15, 0.2) is 9.84 Å². The van der Waals surface area contributed by atoms with Crippen molar-refractivity contribution in [2.24, 2.45) is 5.73 Å². The number of nitrogens with one attached hydrogen (secondary N) is 1. The van der Waals surface area contributed by atoms with Crippen molar-refractivity contribution in [1.82, 2.24) is 5.32 Å². The molecular weight excluding hydrogens is 442 g/mol. The molecule has 0 fully saturated rings. The van der Waals surface area contributed by atoms with Gasteiger partial charge in [-0.1, -0.05) is 12.1 Å². The van der Waals surface area contributed by atoms with E-state index in [0.717, 1.165) is 7.11 Å². The molecule has 11 nitrogen and oxygen atoms in total. The van der Waals surface area contributed by atoms with E-state index in [1.54, 1.807) is 6.92 Å². The fraction of sp³-hybridized carbons (Fsp3) is 0.400. The molecule has 174 valence electrons. The monoisotopic (exact) mass is 467 g/mol. The predicted molar refractivity (Wildman–Crippen MR) is 115 cm³/mol. The summed E-state index contributed by atoms with van der Waals surface area (Å²) in [7, 11) is -2.55. The summed E-state index contributed by atoms with van der Waals surface area (Å²) >= 11 is 0. The summed E-state index contributed by atoms with van der Waals surface area (Å²) in [6.45, 7) is 2.97. The van der Waals surface area contributed by atoms with E-state index in [9.17, 15) is 28.1 Å². The number of non-ortho nitro benzene ring substituents is 1. The summed E-state index contributed by atoms with van der Waals surface area (Å²) in [4.78, 5) is 36.3. The van der Waals surface area contributed by atoms with Gasteiger partial charge >= 0.3 is 11.9 Å². The number of sulfone groups is 1. The van der Waals surface area contributed by atoms with Crippen LogP contribution in [-0.4, -0.2) is 57.0 Å². The Balaban J connectivity index is 2.82.